The molecule has 1 aromatic carbocycles. The van der Waals surface area contributed by atoms with Gasteiger partial charge < -0.3 is 5.73 Å². The van der Waals surface area contributed by atoms with E-state index in [0.29, 0.717) is 17.3 Å². The van der Waals surface area contributed by atoms with Gasteiger partial charge in [-0.3, -0.25) is 4.99 Å². The predicted molar refractivity (Wildman–Crippen MR) is 79.3 cm³/mol. The van der Waals surface area contributed by atoms with Crippen molar-refractivity contribution in [1.82, 2.24) is 0 Å². The highest BCUT2D eigenvalue weighted by atomic mass is 32.2. The molecule has 3 rings (SSSR count). The van der Waals surface area contributed by atoms with Crippen molar-refractivity contribution in [3.63, 3.8) is 0 Å². The maximum Gasteiger partial charge on any atom is 0.0727 e. The minimum Gasteiger partial charge on any atom is -0.328 e. The van der Waals surface area contributed by atoms with E-state index in [9.17, 15) is 0 Å². The van der Waals surface area contributed by atoms with E-state index < -0.39 is 0 Å². The van der Waals surface area contributed by atoms with Gasteiger partial charge in [-0.15, -0.1) is 11.8 Å². The van der Waals surface area contributed by atoms with Crippen LogP contribution in [-0.4, -0.2) is 22.4 Å². The fourth-order valence-electron chi connectivity index (χ4n) is 2.89. The lowest BCUT2D eigenvalue weighted by atomic mass is 9.92. The number of nitrogens with zero attached hydrogens (tertiary/aromatic N) is 1. The summed E-state index contributed by atoms with van der Waals surface area (Å²) in [5, 5.41) is 1.96. The molecule has 0 saturated heterocycles. The second kappa shape index (κ2) is 5.06. The summed E-state index contributed by atoms with van der Waals surface area (Å²) in [6.07, 6.45) is 4.45. The summed E-state index contributed by atoms with van der Waals surface area (Å²) >= 11 is 1.97. The number of benzene rings is 1. The van der Waals surface area contributed by atoms with E-state index in [0.717, 1.165) is 19.3 Å². The van der Waals surface area contributed by atoms with Crippen LogP contribution in [0.1, 0.15) is 30.4 Å². The summed E-state index contributed by atoms with van der Waals surface area (Å²) in [4.78, 5) is 4.89. The average molecular weight is 260 g/mol. The van der Waals surface area contributed by atoms with Gasteiger partial charge in [-0.1, -0.05) is 29.8 Å². The van der Waals surface area contributed by atoms with Crippen molar-refractivity contribution < 1.29 is 0 Å². The smallest absolute Gasteiger partial charge is 0.0727 e. The van der Waals surface area contributed by atoms with Crippen molar-refractivity contribution in [3.8, 4) is 0 Å². The van der Waals surface area contributed by atoms with Crippen molar-refractivity contribution in [2.75, 3.05) is 0 Å². The third-order valence-corrected chi connectivity index (χ3v) is 5.16. The van der Waals surface area contributed by atoms with Crippen LogP contribution in [0.4, 0.5) is 0 Å². The van der Waals surface area contributed by atoms with Crippen LogP contribution in [0.25, 0.3) is 0 Å². The van der Waals surface area contributed by atoms with Crippen LogP contribution in [0.15, 0.2) is 29.3 Å². The lowest BCUT2D eigenvalue weighted by Gasteiger charge is -2.27. The Balaban J connectivity index is 1.68. The van der Waals surface area contributed by atoms with Gasteiger partial charge in [-0.05, 0) is 31.7 Å². The topological polar surface area (TPSA) is 38.4 Å². The summed E-state index contributed by atoms with van der Waals surface area (Å²) in [6, 6.07) is 9.67. The lowest BCUT2D eigenvalue weighted by Crippen LogP contribution is -2.35. The van der Waals surface area contributed by atoms with Crippen LogP contribution in [-0.2, 0) is 6.42 Å². The Labute approximate surface area is 113 Å². The van der Waals surface area contributed by atoms with Crippen molar-refractivity contribution in [1.29, 1.82) is 0 Å². The molecule has 18 heavy (non-hydrogen) atoms. The number of hydrogen-bond acceptors (Lipinski definition) is 3. The summed E-state index contributed by atoms with van der Waals surface area (Å²) in [7, 11) is 0. The molecule has 1 aliphatic carbocycles. The van der Waals surface area contributed by atoms with E-state index in [4.69, 9.17) is 10.7 Å². The number of fused-ring (bicyclic) bond motifs is 1. The standard InChI is InChI=1S/C15H20N2S/c1-10-3-2-4-11(7-10)8-15-17-13-6-5-12(16)9-14(13)18-15/h2-4,7,12-14H,5-6,8-9,16H2,1H3. The summed E-state index contributed by atoms with van der Waals surface area (Å²) in [6.45, 7) is 2.14. The first-order valence-corrected chi connectivity index (χ1v) is 7.63. The zero-order valence-corrected chi connectivity index (χ0v) is 11.6. The molecule has 1 aliphatic heterocycles. The molecule has 3 atom stereocenters. The molecule has 0 radical (unpaired) electrons. The van der Waals surface area contributed by atoms with E-state index in [-0.39, 0.29) is 0 Å². The molecule has 1 fully saturated rings. The zero-order valence-electron chi connectivity index (χ0n) is 10.8. The van der Waals surface area contributed by atoms with Crippen LogP contribution in [0.3, 0.4) is 0 Å². The molecule has 1 saturated carbocycles. The number of thioether (sulfide) groups is 1. The Kier molecular flexibility index (Phi) is 3.44. The fourth-order valence-corrected chi connectivity index (χ4v) is 4.39. The maximum atomic E-state index is 6.04. The van der Waals surface area contributed by atoms with Crippen molar-refractivity contribution in [3.05, 3.63) is 35.4 Å². The zero-order chi connectivity index (χ0) is 12.5. The fraction of sp³-hybridized carbons (Fsp3) is 0.533. The highest BCUT2D eigenvalue weighted by Crippen LogP contribution is 2.37. The first-order chi connectivity index (χ1) is 8.70. The quantitative estimate of drug-likeness (QED) is 0.888. The van der Waals surface area contributed by atoms with Gasteiger partial charge in [0, 0.05) is 17.7 Å². The number of aliphatic imine (C=N–C) groups is 1. The van der Waals surface area contributed by atoms with Gasteiger partial charge >= 0.3 is 0 Å². The molecular weight excluding hydrogens is 240 g/mol. The molecule has 2 N–H and O–H groups in total. The summed E-state index contributed by atoms with van der Waals surface area (Å²) in [5.41, 5.74) is 8.75. The third kappa shape index (κ3) is 2.62. The number of aryl methyl sites for hydroxylation is 1. The van der Waals surface area contributed by atoms with E-state index in [1.165, 1.54) is 22.6 Å². The van der Waals surface area contributed by atoms with Crippen molar-refractivity contribution >= 4 is 16.8 Å². The van der Waals surface area contributed by atoms with Crippen LogP contribution in [0, 0.1) is 6.92 Å². The van der Waals surface area contributed by atoms with E-state index in [1.54, 1.807) is 0 Å². The summed E-state index contributed by atoms with van der Waals surface area (Å²) < 4.78 is 0. The van der Waals surface area contributed by atoms with Crippen LogP contribution < -0.4 is 5.73 Å². The summed E-state index contributed by atoms with van der Waals surface area (Å²) in [5.74, 6) is 0. The Morgan fingerprint density at radius 3 is 3.11 bits per heavy atom. The number of rotatable bonds is 2. The van der Waals surface area contributed by atoms with Gasteiger partial charge in [0.25, 0.3) is 0 Å². The van der Waals surface area contributed by atoms with E-state index >= 15 is 0 Å². The minimum atomic E-state index is 0.396. The van der Waals surface area contributed by atoms with Gasteiger partial charge in [-0.2, -0.15) is 0 Å². The Hall–Kier alpha value is -0.800. The third-order valence-electron chi connectivity index (χ3n) is 3.83. The first-order valence-electron chi connectivity index (χ1n) is 6.75. The van der Waals surface area contributed by atoms with Gasteiger partial charge in [0.2, 0.25) is 0 Å². The normalized spacial score (nSPS) is 31.0. The molecule has 1 heterocycles. The highest BCUT2D eigenvalue weighted by molar-refractivity contribution is 8.14. The molecule has 3 heteroatoms. The molecule has 2 aliphatic rings. The minimum absolute atomic E-state index is 0.396. The SMILES string of the molecule is Cc1cccc(CC2=NC3CCC(N)CC3S2)c1. The van der Waals surface area contributed by atoms with Crippen LogP contribution >= 0.6 is 11.8 Å². The second-order valence-corrected chi connectivity index (χ2v) is 6.80. The van der Waals surface area contributed by atoms with Gasteiger partial charge in [0.1, 0.15) is 0 Å². The maximum absolute atomic E-state index is 6.04. The molecule has 0 spiro atoms. The van der Waals surface area contributed by atoms with E-state index in [1.807, 2.05) is 11.8 Å². The molecule has 2 nitrogen and oxygen atoms in total. The van der Waals surface area contributed by atoms with Gasteiger partial charge in [0.05, 0.1) is 11.1 Å². The first kappa shape index (κ1) is 12.2. The Morgan fingerprint density at radius 2 is 2.28 bits per heavy atom. The van der Waals surface area contributed by atoms with Crippen LogP contribution in [0.2, 0.25) is 0 Å². The number of nitrogens with two attached hydrogens (primary N) is 1. The predicted octanol–water partition coefficient (Wildman–Crippen LogP) is 2.93. The molecule has 0 aromatic heterocycles. The molecule has 3 unspecified atom stereocenters. The number of hydrogen-bond donors (Lipinski definition) is 1. The highest BCUT2D eigenvalue weighted by Gasteiger charge is 2.34. The average Bonchev–Trinajstić information content (AvgIpc) is 2.70. The molecule has 0 bridgehead atoms. The molecule has 96 valence electrons. The van der Waals surface area contributed by atoms with Crippen LogP contribution in [0.5, 0.6) is 0 Å². The Bertz CT molecular complexity index is 469. The van der Waals surface area contributed by atoms with E-state index in [2.05, 4.69) is 31.2 Å². The second-order valence-electron chi connectivity index (χ2n) is 5.49. The molecule has 1 aromatic rings. The monoisotopic (exact) mass is 260 g/mol. The Morgan fingerprint density at radius 1 is 1.39 bits per heavy atom. The van der Waals surface area contributed by atoms with Gasteiger partial charge in [0.15, 0.2) is 0 Å². The lowest BCUT2D eigenvalue weighted by molar-refractivity contribution is 0.411. The van der Waals surface area contributed by atoms with Crippen molar-refractivity contribution in [2.24, 2.45) is 10.7 Å². The van der Waals surface area contributed by atoms with Crippen molar-refractivity contribution in [2.45, 2.75) is 49.9 Å². The molecule has 0 amide bonds. The molecular formula is C15H20N2S. The largest absolute Gasteiger partial charge is 0.328 e. The van der Waals surface area contributed by atoms with Gasteiger partial charge in [-0.25, -0.2) is 0 Å².